The number of nitrogens with one attached hydrogen (secondary N) is 3. The molecule has 0 heterocycles. The van der Waals surface area contributed by atoms with Crippen molar-refractivity contribution in [3.63, 3.8) is 0 Å². The highest BCUT2D eigenvalue weighted by Crippen LogP contribution is 2.11. The molecule has 1 amide bonds. The molecule has 0 aliphatic heterocycles. The van der Waals surface area contributed by atoms with Crippen LogP contribution in [0.3, 0.4) is 0 Å². The van der Waals surface area contributed by atoms with E-state index in [-0.39, 0.29) is 23.8 Å². The van der Waals surface area contributed by atoms with Gasteiger partial charge in [0, 0.05) is 18.6 Å². The first-order valence-electron chi connectivity index (χ1n) is 9.01. The van der Waals surface area contributed by atoms with Crippen LogP contribution < -0.4 is 20.7 Å². The van der Waals surface area contributed by atoms with Crippen LogP contribution in [0.25, 0.3) is 0 Å². The second kappa shape index (κ2) is 11.3. The molecule has 146 valence electrons. The first kappa shape index (κ1) is 21.7. The van der Waals surface area contributed by atoms with Crippen molar-refractivity contribution in [2.75, 3.05) is 26.2 Å². The van der Waals surface area contributed by atoms with Gasteiger partial charge in [-0.05, 0) is 64.8 Å². The Balaban J connectivity index is 2.24. The highest BCUT2D eigenvalue weighted by atomic mass is 19.1. The lowest BCUT2D eigenvalue weighted by atomic mass is 10.1. The number of hydrogen-bond donors (Lipinski definition) is 3. The smallest absolute Gasteiger partial charge is 0.242 e. The predicted octanol–water partition coefficient (Wildman–Crippen LogP) is 2.45. The minimum atomic E-state index is -0.270. The van der Waals surface area contributed by atoms with Gasteiger partial charge in [0.1, 0.15) is 18.1 Å². The highest BCUT2D eigenvalue weighted by molar-refractivity contribution is 5.85. The van der Waals surface area contributed by atoms with Gasteiger partial charge in [0.25, 0.3) is 0 Å². The Kier molecular flexibility index (Phi) is 9.47. The first-order chi connectivity index (χ1) is 12.3. The Labute approximate surface area is 155 Å². The molecule has 0 spiro atoms. The summed E-state index contributed by atoms with van der Waals surface area (Å²) in [6, 6.07) is 6.00. The quantitative estimate of drug-likeness (QED) is 0.357. The van der Waals surface area contributed by atoms with E-state index in [9.17, 15) is 9.18 Å². The molecule has 1 rings (SSSR count). The van der Waals surface area contributed by atoms with Gasteiger partial charge in [0.2, 0.25) is 5.91 Å². The van der Waals surface area contributed by atoms with Crippen molar-refractivity contribution in [2.45, 2.75) is 46.1 Å². The molecule has 7 heteroatoms. The molecule has 0 aromatic heterocycles. The van der Waals surface area contributed by atoms with Crippen molar-refractivity contribution in [3.05, 3.63) is 30.1 Å². The zero-order valence-electron chi connectivity index (χ0n) is 16.2. The molecular weight excluding hydrogens is 335 g/mol. The van der Waals surface area contributed by atoms with Gasteiger partial charge in [-0.3, -0.25) is 4.79 Å². The Hall–Kier alpha value is -2.31. The maximum Gasteiger partial charge on any atom is 0.242 e. The number of rotatable bonds is 9. The number of carbonyl (C=O) groups is 1. The summed E-state index contributed by atoms with van der Waals surface area (Å²) in [6.45, 7) is 9.88. The third-order valence-electron chi connectivity index (χ3n) is 3.19. The van der Waals surface area contributed by atoms with Crippen molar-refractivity contribution in [2.24, 2.45) is 4.99 Å². The fourth-order valence-electron chi connectivity index (χ4n) is 2.11. The predicted molar refractivity (Wildman–Crippen MR) is 103 cm³/mol. The number of amides is 1. The standard InChI is InChI=1S/C19H31FN4O2/c1-5-21-18(23-14-17(25)24-19(2,3)4)22-12-6-7-13-26-16-10-8-15(20)9-11-16/h8-11H,5-7,12-14H2,1-4H3,(H,24,25)(H2,21,22,23). The van der Waals surface area contributed by atoms with Gasteiger partial charge in [-0.2, -0.15) is 0 Å². The van der Waals surface area contributed by atoms with Crippen molar-refractivity contribution in [1.82, 2.24) is 16.0 Å². The Morgan fingerprint density at radius 1 is 1.15 bits per heavy atom. The van der Waals surface area contributed by atoms with Crippen molar-refractivity contribution < 1.29 is 13.9 Å². The van der Waals surface area contributed by atoms with Gasteiger partial charge in [0.15, 0.2) is 5.96 Å². The highest BCUT2D eigenvalue weighted by Gasteiger charge is 2.13. The summed E-state index contributed by atoms with van der Waals surface area (Å²) in [7, 11) is 0. The lowest BCUT2D eigenvalue weighted by Gasteiger charge is -2.20. The van der Waals surface area contributed by atoms with E-state index < -0.39 is 0 Å². The van der Waals surface area contributed by atoms with Gasteiger partial charge < -0.3 is 20.7 Å². The Morgan fingerprint density at radius 2 is 1.85 bits per heavy atom. The molecule has 0 bridgehead atoms. The van der Waals surface area contributed by atoms with Crippen molar-refractivity contribution in [3.8, 4) is 5.75 Å². The molecule has 0 fully saturated rings. The lowest BCUT2D eigenvalue weighted by molar-refractivity contribution is -0.121. The van der Waals surface area contributed by atoms with Gasteiger partial charge in [-0.25, -0.2) is 9.38 Å². The van der Waals surface area contributed by atoms with E-state index in [0.29, 0.717) is 18.3 Å². The molecular formula is C19H31FN4O2. The molecule has 0 aliphatic rings. The van der Waals surface area contributed by atoms with Crippen LogP contribution in [0.15, 0.2) is 29.3 Å². The summed E-state index contributed by atoms with van der Waals surface area (Å²) in [5.74, 6) is 0.908. The normalized spacial score (nSPS) is 11.8. The molecule has 0 unspecified atom stereocenters. The van der Waals surface area contributed by atoms with Gasteiger partial charge >= 0.3 is 0 Å². The van der Waals surface area contributed by atoms with Gasteiger partial charge in [0.05, 0.1) is 6.61 Å². The zero-order chi connectivity index (χ0) is 19.4. The maximum absolute atomic E-state index is 12.8. The lowest BCUT2D eigenvalue weighted by Crippen LogP contribution is -2.43. The minimum Gasteiger partial charge on any atom is -0.494 e. The minimum absolute atomic E-state index is 0.0836. The van der Waals surface area contributed by atoms with E-state index in [1.165, 1.54) is 12.1 Å². The van der Waals surface area contributed by atoms with Gasteiger partial charge in [-0.15, -0.1) is 0 Å². The third-order valence-corrected chi connectivity index (χ3v) is 3.19. The molecule has 3 N–H and O–H groups in total. The number of nitrogens with zero attached hydrogens (tertiary/aromatic N) is 1. The number of benzene rings is 1. The maximum atomic E-state index is 12.8. The number of guanidine groups is 1. The van der Waals surface area contributed by atoms with Crippen LogP contribution in [0.4, 0.5) is 4.39 Å². The molecule has 6 nitrogen and oxygen atoms in total. The summed E-state index contributed by atoms with van der Waals surface area (Å²) < 4.78 is 18.3. The van der Waals surface area contributed by atoms with E-state index in [2.05, 4.69) is 20.9 Å². The van der Waals surface area contributed by atoms with E-state index in [0.717, 1.165) is 25.9 Å². The summed E-state index contributed by atoms with van der Waals surface area (Å²) in [6.07, 6.45) is 1.74. The second-order valence-corrected chi connectivity index (χ2v) is 6.93. The van der Waals surface area contributed by atoms with Crippen LogP contribution in [0.2, 0.25) is 0 Å². The van der Waals surface area contributed by atoms with E-state index in [4.69, 9.17) is 4.74 Å². The van der Waals surface area contributed by atoms with Gasteiger partial charge in [-0.1, -0.05) is 0 Å². The molecule has 1 aromatic rings. The molecule has 1 aromatic carbocycles. The largest absolute Gasteiger partial charge is 0.494 e. The van der Waals surface area contributed by atoms with E-state index >= 15 is 0 Å². The van der Waals surface area contributed by atoms with Crippen LogP contribution >= 0.6 is 0 Å². The average molecular weight is 366 g/mol. The van der Waals surface area contributed by atoms with Crippen molar-refractivity contribution in [1.29, 1.82) is 0 Å². The molecule has 0 saturated carbocycles. The second-order valence-electron chi connectivity index (χ2n) is 6.93. The monoisotopic (exact) mass is 366 g/mol. The van der Waals surface area contributed by atoms with E-state index in [1.807, 2.05) is 27.7 Å². The summed E-state index contributed by atoms with van der Waals surface area (Å²) in [4.78, 5) is 16.1. The van der Waals surface area contributed by atoms with Crippen LogP contribution in [-0.2, 0) is 4.79 Å². The number of ether oxygens (including phenoxy) is 1. The number of carbonyl (C=O) groups excluding carboxylic acids is 1. The topological polar surface area (TPSA) is 74.8 Å². The van der Waals surface area contributed by atoms with Crippen LogP contribution in [0, 0.1) is 5.82 Å². The fraction of sp³-hybridized carbons (Fsp3) is 0.579. The summed E-state index contributed by atoms with van der Waals surface area (Å²) in [5.41, 5.74) is -0.261. The number of hydrogen-bond acceptors (Lipinski definition) is 3. The fourth-order valence-corrected chi connectivity index (χ4v) is 2.11. The first-order valence-corrected chi connectivity index (χ1v) is 9.01. The number of unbranched alkanes of at least 4 members (excludes halogenated alkanes) is 1. The average Bonchev–Trinajstić information content (AvgIpc) is 2.55. The zero-order valence-corrected chi connectivity index (χ0v) is 16.2. The SMILES string of the molecule is CCNC(=NCC(=O)NC(C)(C)C)NCCCCOc1ccc(F)cc1. The summed E-state index contributed by atoms with van der Waals surface area (Å²) >= 11 is 0. The van der Waals surface area contributed by atoms with Crippen LogP contribution in [-0.4, -0.2) is 43.6 Å². The molecule has 0 radical (unpaired) electrons. The number of aliphatic imine (C=N–C) groups is 1. The Morgan fingerprint density at radius 3 is 2.46 bits per heavy atom. The van der Waals surface area contributed by atoms with Crippen molar-refractivity contribution >= 4 is 11.9 Å². The molecule has 0 atom stereocenters. The third kappa shape index (κ3) is 10.5. The molecule has 0 aliphatic carbocycles. The molecule has 0 saturated heterocycles. The van der Waals surface area contributed by atoms with Crippen LogP contribution in [0.5, 0.6) is 5.75 Å². The van der Waals surface area contributed by atoms with E-state index in [1.54, 1.807) is 12.1 Å². The number of halogens is 1. The summed E-state index contributed by atoms with van der Waals surface area (Å²) in [5, 5.41) is 9.19. The Bertz CT molecular complexity index is 568. The van der Waals surface area contributed by atoms with Crippen LogP contribution in [0.1, 0.15) is 40.5 Å². The molecule has 26 heavy (non-hydrogen) atoms.